The Bertz CT molecular complexity index is 1050. The van der Waals surface area contributed by atoms with Gasteiger partial charge in [-0.25, -0.2) is 4.79 Å². The molecule has 0 radical (unpaired) electrons. The van der Waals surface area contributed by atoms with Crippen molar-refractivity contribution in [3.8, 4) is 5.75 Å². The highest BCUT2D eigenvalue weighted by atomic mass is 16.5. The molecule has 0 saturated heterocycles. The second-order valence-electron chi connectivity index (χ2n) is 6.37. The maximum Gasteiger partial charge on any atom is 0.337 e. The van der Waals surface area contributed by atoms with E-state index in [0.29, 0.717) is 5.57 Å². The van der Waals surface area contributed by atoms with Crippen LogP contribution >= 0.6 is 0 Å². The fourth-order valence-electron chi connectivity index (χ4n) is 3.83. The van der Waals surface area contributed by atoms with E-state index in [1.54, 1.807) is 12.1 Å². The lowest BCUT2D eigenvalue weighted by Crippen LogP contribution is -2.20. The number of carbonyl (C=O) groups is 1. The molecule has 0 spiro atoms. The third-order valence-corrected chi connectivity index (χ3v) is 4.95. The maximum absolute atomic E-state index is 12.4. The molecule has 5 rings (SSSR count). The van der Waals surface area contributed by atoms with Crippen molar-refractivity contribution in [1.82, 2.24) is 0 Å². The van der Waals surface area contributed by atoms with Crippen LogP contribution < -0.4 is 5.32 Å². The van der Waals surface area contributed by atoms with Crippen LogP contribution in [0, 0.1) is 0 Å². The van der Waals surface area contributed by atoms with Gasteiger partial charge in [-0.2, -0.15) is 0 Å². The highest BCUT2D eigenvalue weighted by molar-refractivity contribution is 6.01. The zero-order valence-electron chi connectivity index (χ0n) is 13.3. The molecule has 1 unspecified atom stereocenters. The van der Waals surface area contributed by atoms with Crippen LogP contribution in [-0.4, -0.2) is 17.7 Å². The van der Waals surface area contributed by atoms with Crippen LogP contribution in [0.1, 0.15) is 17.0 Å². The summed E-state index contributed by atoms with van der Waals surface area (Å²) in [5, 5.41) is 15.3. The minimum atomic E-state index is -0.279. The molecule has 0 aromatic heterocycles. The van der Waals surface area contributed by atoms with Gasteiger partial charge in [-0.05, 0) is 40.1 Å². The van der Waals surface area contributed by atoms with Gasteiger partial charge >= 0.3 is 5.97 Å². The number of cyclic esters (lactones) is 1. The average molecular weight is 329 g/mol. The van der Waals surface area contributed by atoms with Crippen molar-refractivity contribution >= 4 is 22.4 Å². The van der Waals surface area contributed by atoms with Crippen molar-refractivity contribution in [3.05, 3.63) is 83.1 Å². The van der Waals surface area contributed by atoms with Crippen LogP contribution in [0.5, 0.6) is 5.75 Å². The molecule has 2 N–H and O–H groups in total. The Morgan fingerprint density at radius 2 is 1.80 bits per heavy atom. The Hall–Kier alpha value is -3.27. The molecule has 4 heteroatoms. The summed E-state index contributed by atoms with van der Waals surface area (Å²) < 4.78 is 5.29. The van der Waals surface area contributed by atoms with Gasteiger partial charge in [0.1, 0.15) is 12.4 Å². The third kappa shape index (κ3) is 2.04. The van der Waals surface area contributed by atoms with Crippen LogP contribution in [-0.2, 0) is 9.53 Å². The van der Waals surface area contributed by atoms with E-state index in [2.05, 4.69) is 29.6 Å². The third-order valence-electron chi connectivity index (χ3n) is 4.95. The topological polar surface area (TPSA) is 58.6 Å². The van der Waals surface area contributed by atoms with Crippen LogP contribution in [0.4, 0.5) is 5.69 Å². The number of hydrogen-bond donors (Lipinski definition) is 2. The normalized spacial score (nSPS) is 18.6. The lowest BCUT2D eigenvalue weighted by molar-refractivity contribution is -0.136. The van der Waals surface area contributed by atoms with E-state index in [4.69, 9.17) is 4.74 Å². The van der Waals surface area contributed by atoms with E-state index in [1.165, 1.54) is 0 Å². The monoisotopic (exact) mass is 329 g/mol. The number of esters is 1. The fourth-order valence-corrected chi connectivity index (χ4v) is 3.83. The van der Waals surface area contributed by atoms with E-state index in [0.717, 1.165) is 33.3 Å². The lowest BCUT2D eigenvalue weighted by Gasteiger charge is -2.28. The number of carbonyl (C=O) groups excluding carboxylic acids is 1. The standard InChI is InChI=1S/C21H15NO3/c23-14-8-5-13(6-9-14)18-19-15-4-2-1-3-12(15)7-10-16(19)22-17-11-25-21(24)20(17)18/h1-10,18,22-23H,11H2. The second kappa shape index (κ2) is 5.11. The molecule has 0 bridgehead atoms. The molecule has 1 atom stereocenters. The van der Waals surface area contributed by atoms with Gasteiger partial charge in [0, 0.05) is 11.6 Å². The van der Waals surface area contributed by atoms with E-state index >= 15 is 0 Å². The summed E-state index contributed by atoms with van der Waals surface area (Å²) in [6, 6.07) is 19.3. The molecule has 2 aliphatic rings. The smallest absolute Gasteiger partial charge is 0.337 e. The summed E-state index contributed by atoms with van der Waals surface area (Å²) in [5.41, 5.74) is 4.51. The molecule has 3 aromatic carbocycles. The number of nitrogens with one attached hydrogen (secondary N) is 1. The number of rotatable bonds is 1. The van der Waals surface area contributed by atoms with Crippen LogP contribution in [0.15, 0.2) is 71.9 Å². The van der Waals surface area contributed by atoms with Crippen molar-refractivity contribution < 1.29 is 14.6 Å². The number of ether oxygens (including phenoxy) is 1. The Labute approximate surface area is 144 Å². The molecule has 0 saturated carbocycles. The average Bonchev–Trinajstić information content (AvgIpc) is 3.01. The Morgan fingerprint density at radius 3 is 2.64 bits per heavy atom. The minimum absolute atomic E-state index is 0.207. The van der Waals surface area contributed by atoms with Crippen molar-refractivity contribution in [2.75, 3.05) is 11.9 Å². The summed E-state index contributed by atoms with van der Waals surface area (Å²) in [5.74, 6) is -0.286. The highest BCUT2D eigenvalue weighted by Gasteiger charge is 2.39. The first-order valence-electron chi connectivity index (χ1n) is 8.20. The Balaban J connectivity index is 1.83. The minimum Gasteiger partial charge on any atom is -0.508 e. The van der Waals surface area contributed by atoms with Gasteiger partial charge in [0.25, 0.3) is 0 Å². The summed E-state index contributed by atoms with van der Waals surface area (Å²) in [7, 11) is 0. The zero-order valence-corrected chi connectivity index (χ0v) is 13.3. The van der Waals surface area contributed by atoms with Gasteiger partial charge in [0.05, 0.1) is 11.3 Å². The summed E-state index contributed by atoms with van der Waals surface area (Å²) >= 11 is 0. The molecule has 3 aromatic rings. The number of phenolic OH excluding ortho intramolecular Hbond substituents is 1. The van der Waals surface area contributed by atoms with Gasteiger partial charge in [0.2, 0.25) is 0 Å². The van der Waals surface area contributed by atoms with Crippen LogP contribution in [0.3, 0.4) is 0 Å². The molecule has 122 valence electrons. The maximum atomic E-state index is 12.4. The molecular formula is C21H15NO3. The Kier molecular flexibility index (Phi) is 2.88. The quantitative estimate of drug-likeness (QED) is 0.665. The number of hydrogen-bond acceptors (Lipinski definition) is 4. The van der Waals surface area contributed by atoms with Gasteiger partial charge in [-0.15, -0.1) is 0 Å². The van der Waals surface area contributed by atoms with Gasteiger partial charge < -0.3 is 15.2 Å². The van der Waals surface area contributed by atoms with Crippen LogP contribution in [0.25, 0.3) is 10.8 Å². The second-order valence-corrected chi connectivity index (χ2v) is 6.37. The van der Waals surface area contributed by atoms with E-state index in [-0.39, 0.29) is 24.2 Å². The van der Waals surface area contributed by atoms with E-state index in [9.17, 15) is 9.90 Å². The zero-order chi connectivity index (χ0) is 17.0. The first-order chi connectivity index (χ1) is 12.2. The molecule has 25 heavy (non-hydrogen) atoms. The largest absolute Gasteiger partial charge is 0.508 e. The van der Waals surface area contributed by atoms with Crippen molar-refractivity contribution in [1.29, 1.82) is 0 Å². The number of aromatic hydroxyl groups is 1. The predicted octanol–water partition coefficient (Wildman–Crippen LogP) is 3.91. The van der Waals surface area contributed by atoms with Gasteiger partial charge in [0.15, 0.2) is 0 Å². The van der Waals surface area contributed by atoms with Crippen molar-refractivity contribution in [2.24, 2.45) is 0 Å². The van der Waals surface area contributed by atoms with E-state index in [1.807, 2.05) is 24.3 Å². The summed E-state index contributed by atoms with van der Waals surface area (Å²) in [4.78, 5) is 12.4. The highest BCUT2D eigenvalue weighted by Crippen LogP contribution is 2.47. The predicted molar refractivity (Wildman–Crippen MR) is 95.5 cm³/mol. The van der Waals surface area contributed by atoms with E-state index < -0.39 is 0 Å². The Morgan fingerprint density at radius 1 is 1.00 bits per heavy atom. The lowest BCUT2D eigenvalue weighted by atomic mass is 9.79. The van der Waals surface area contributed by atoms with Gasteiger partial charge in [-0.3, -0.25) is 0 Å². The van der Waals surface area contributed by atoms with Gasteiger partial charge in [-0.1, -0.05) is 42.5 Å². The fraction of sp³-hybridized carbons (Fsp3) is 0.0952. The summed E-state index contributed by atoms with van der Waals surface area (Å²) in [6.07, 6.45) is 0. The molecule has 0 aliphatic carbocycles. The number of anilines is 1. The van der Waals surface area contributed by atoms with Crippen molar-refractivity contribution in [3.63, 3.8) is 0 Å². The number of benzene rings is 3. The SMILES string of the molecule is O=C1OCC2=C1C(c1ccc(O)cc1)c1c(ccc3ccccc13)N2. The summed E-state index contributed by atoms with van der Waals surface area (Å²) in [6.45, 7) is 0.273. The van der Waals surface area contributed by atoms with Crippen LogP contribution in [0.2, 0.25) is 0 Å². The number of phenols is 1. The molecule has 0 amide bonds. The first-order valence-corrected chi connectivity index (χ1v) is 8.20. The number of fused-ring (bicyclic) bond motifs is 3. The molecule has 4 nitrogen and oxygen atoms in total. The molecule has 2 heterocycles. The molecule has 0 fully saturated rings. The molecular weight excluding hydrogens is 314 g/mol. The first kappa shape index (κ1) is 14.1. The van der Waals surface area contributed by atoms with Crippen molar-refractivity contribution in [2.45, 2.75) is 5.92 Å². The molecule has 2 aliphatic heterocycles.